The van der Waals surface area contributed by atoms with E-state index < -0.39 is 0 Å². The summed E-state index contributed by atoms with van der Waals surface area (Å²) in [5, 5.41) is 0. The van der Waals surface area contributed by atoms with Crippen molar-refractivity contribution < 1.29 is 42.7 Å². The molecule has 10 nitrogen and oxygen atoms in total. The third-order valence-corrected chi connectivity index (χ3v) is 7.32. The van der Waals surface area contributed by atoms with E-state index in [1.807, 2.05) is 54.6 Å². The van der Waals surface area contributed by atoms with E-state index in [9.17, 15) is 4.79 Å². The summed E-state index contributed by atoms with van der Waals surface area (Å²) in [6.07, 6.45) is -0.360. The van der Waals surface area contributed by atoms with E-state index >= 15 is 0 Å². The highest BCUT2D eigenvalue weighted by atomic mass is 16.6. The van der Waals surface area contributed by atoms with Crippen molar-refractivity contribution in [2.24, 2.45) is 0 Å². The van der Waals surface area contributed by atoms with Crippen molar-refractivity contribution in [3.05, 3.63) is 90.0 Å². The van der Waals surface area contributed by atoms with Gasteiger partial charge in [0, 0.05) is 19.5 Å². The van der Waals surface area contributed by atoms with Crippen LogP contribution >= 0.6 is 0 Å². The van der Waals surface area contributed by atoms with Crippen molar-refractivity contribution in [2.45, 2.75) is 5.92 Å². The minimum atomic E-state index is -0.360. The lowest BCUT2D eigenvalue weighted by Gasteiger charge is -2.19. The average Bonchev–Trinajstić information content (AvgIpc) is 3.41. The van der Waals surface area contributed by atoms with Crippen molar-refractivity contribution in [3.63, 3.8) is 0 Å². The highest BCUT2D eigenvalue weighted by Gasteiger charge is 2.29. The maximum Gasteiger partial charge on any atom is 0.409 e. The van der Waals surface area contributed by atoms with Gasteiger partial charge in [0.2, 0.25) is 0 Å². The monoisotopic (exact) mass is 637 g/mol. The van der Waals surface area contributed by atoms with Gasteiger partial charge in [-0.15, -0.1) is 0 Å². The maximum atomic E-state index is 12.6. The van der Waals surface area contributed by atoms with E-state index in [1.54, 1.807) is 7.05 Å². The van der Waals surface area contributed by atoms with Crippen LogP contribution in [0.5, 0.6) is 5.75 Å². The molecule has 1 aliphatic carbocycles. The second kappa shape index (κ2) is 21.3. The number of amides is 1. The smallest absolute Gasteiger partial charge is 0.409 e. The molecular formula is C36H47NO9. The Labute approximate surface area is 272 Å². The number of hydrogen-bond acceptors (Lipinski definition) is 9. The molecule has 3 aromatic carbocycles. The first kappa shape index (κ1) is 35.3. The molecule has 0 atom stereocenters. The molecule has 0 fully saturated rings. The Morgan fingerprint density at radius 1 is 0.543 bits per heavy atom. The minimum absolute atomic E-state index is 0.0443. The molecule has 46 heavy (non-hydrogen) atoms. The molecule has 0 saturated carbocycles. The molecule has 0 unspecified atom stereocenters. The van der Waals surface area contributed by atoms with Crippen LogP contribution in [0.4, 0.5) is 4.79 Å². The van der Waals surface area contributed by atoms with Crippen LogP contribution in [0.2, 0.25) is 0 Å². The van der Waals surface area contributed by atoms with Crippen LogP contribution in [-0.2, 0) is 33.2 Å². The van der Waals surface area contributed by atoms with Gasteiger partial charge in [-0.25, -0.2) is 4.79 Å². The first-order valence-electron chi connectivity index (χ1n) is 15.9. The summed E-state index contributed by atoms with van der Waals surface area (Å²) in [6, 6.07) is 26.3. The number of likely N-dealkylation sites (N-methyl/N-ethyl adjacent to an activating group) is 1. The van der Waals surface area contributed by atoms with Gasteiger partial charge >= 0.3 is 6.09 Å². The fourth-order valence-corrected chi connectivity index (χ4v) is 4.93. The van der Waals surface area contributed by atoms with E-state index in [1.165, 1.54) is 27.2 Å². The molecule has 1 amide bonds. The number of carbonyl (C=O) groups is 1. The largest absolute Gasteiger partial charge is 0.491 e. The Bertz CT molecular complexity index is 1210. The minimum Gasteiger partial charge on any atom is -0.491 e. The van der Waals surface area contributed by atoms with Crippen molar-refractivity contribution >= 4 is 6.09 Å². The zero-order valence-electron chi connectivity index (χ0n) is 26.8. The van der Waals surface area contributed by atoms with Crippen molar-refractivity contribution in [1.29, 1.82) is 0 Å². The molecule has 10 heteroatoms. The predicted octanol–water partition coefficient (Wildman–Crippen LogP) is 5.05. The topological polar surface area (TPSA) is 94.2 Å². The fraction of sp³-hybridized carbons (Fsp3) is 0.472. The number of rotatable bonds is 24. The third kappa shape index (κ3) is 12.4. The van der Waals surface area contributed by atoms with Crippen molar-refractivity contribution in [3.8, 4) is 16.9 Å². The molecule has 0 bridgehead atoms. The van der Waals surface area contributed by atoms with Gasteiger partial charge in [0.15, 0.2) is 0 Å². The van der Waals surface area contributed by atoms with Gasteiger partial charge in [-0.2, -0.15) is 0 Å². The normalized spacial score (nSPS) is 12.1. The number of ether oxygens (including phenoxy) is 8. The molecule has 0 heterocycles. The first-order chi connectivity index (χ1) is 22.7. The Morgan fingerprint density at radius 3 is 1.46 bits per heavy atom. The molecule has 0 radical (unpaired) electrons. The van der Waals surface area contributed by atoms with Crippen LogP contribution in [0.3, 0.4) is 0 Å². The quantitative estimate of drug-likeness (QED) is 0.125. The lowest BCUT2D eigenvalue weighted by Crippen LogP contribution is -2.32. The zero-order chi connectivity index (χ0) is 32.1. The second-order valence-electron chi connectivity index (χ2n) is 10.6. The standard InChI is InChI=1S/C36H47NO9/c1-37(36(38)46-29-35-33-13-7-5-11-31(33)32-12-6-8-14-34(32)35)15-16-39-17-18-40-19-20-41-21-22-42-23-24-43-25-26-44-27-28-45-30-9-3-2-4-10-30/h2-14,35H,15-29H2,1H3. The number of para-hydroxylation sites is 1. The molecule has 0 aromatic heterocycles. The van der Waals surface area contributed by atoms with E-state index in [4.69, 9.17) is 37.9 Å². The number of nitrogens with zero attached hydrogens (tertiary/aromatic N) is 1. The predicted molar refractivity (Wildman–Crippen MR) is 175 cm³/mol. The van der Waals surface area contributed by atoms with Gasteiger partial charge in [-0.3, -0.25) is 0 Å². The van der Waals surface area contributed by atoms with Crippen LogP contribution in [0, 0.1) is 0 Å². The molecule has 0 saturated heterocycles. The van der Waals surface area contributed by atoms with Crippen LogP contribution in [0.15, 0.2) is 78.9 Å². The molecule has 0 aliphatic heterocycles. The molecule has 0 N–H and O–H groups in total. The van der Waals surface area contributed by atoms with E-state index in [-0.39, 0.29) is 12.0 Å². The Morgan fingerprint density at radius 2 is 0.957 bits per heavy atom. The van der Waals surface area contributed by atoms with E-state index in [2.05, 4.69) is 24.3 Å². The van der Waals surface area contributed by atoms with Crippen LogP contribution < -0.4 is 4.74 Å². The average molecular weight is 638 g/mol. The third-order valence-electron chi connectivity index (χ3n) is 7.32. The highest BCUT2D eigenvalue weighted by Crippen LogP contribution is 2.44. The molecule has 0 spiro atoms. The van der Waals surface area contributed by atoms with Gasteiger partial charge < -0.3 is 42.8 Å². The highest BCUT2D eigenvalue weighted by molar-refractivity contribution is 5.79. The summed E-state index contributed by atoms with van der Waals surface area (Å²) in [7, 11) is 1.72. The van der Waals surface area contributed by atoms with Crippen molar-refractivity contribution in [2.75, 3.05) is 106 Å². The maximum absolute atomic E-state index is 12.6. The lowest BCUT2D eigenvalue weighted by atomic mass is 9.98. The summed E-state index contributed by atoms with van der Waals surface area (Å²) in [5.74, 6) is 0.885. The summed E-state index contributed by atoms with van der Waals surface area (Å²) in [5.41, 5.74) is 4.81. The van der Waals surface area contributed by atoms with Crippen LogP contribution in [0.25, 0.3) is 11.1 Å². The van der Waals surface area contributed by atoms with E-state index in [0.29, 0.717) is 99.0 Å². The van der Waals surface area contributed by atoms with Crippen molar-refractivity contribution in [1.82, 2.24) is 4.90 Å². The van der Waals surface area contributed by atoms with Gasteiger partial charge in [0.25, 0.3) is 0 Å². The van der Waals surface area contributed by atoms with Gasteiger partial charge in [-0.05, 0) is 34.4 Å². The summed E-state index contributed by atoms with van der Waals surface area (Å²) < 4.78 is 44.4. The second-order valence-corrected chi connectivity index (χ2v) is 10.6. The lowest BCUT2D eigenvalue weighted by molar-refractivity contribution is -0.0183. The van der Waals surface area contributed by atoms with Gasteiger partial charge in [0.05, 0.1) is 79.3 Å². The molecule has 3 aromatic rings. The summed E-state index contributed by atoms with van der Waals surface area (Å²) >= 11 is 0. The Kier molecular flexibility index (Phi) is 16.4. The summed E-state index contributed by atoms with van der Waals surface area (Å²) in [4.78, 5) is 14.1. The number of fused-ring (bicyclic) bond motifs is 3. The number of carbonyl (C=O) groups excluding carboxylic acids is 1. The molecule has 250 valence electrons. The Balaban J connectivity index is 0.882. The summed E-state index contributed by atoms with van der Waals surface area (Å²) in [6.45, 7) is 7.06. The number of benzene rings is 3. The number of hydrogen-bond donors (Lipinski definition) is 0. The molecule has 1 aliphatic rings. The fourth-order valence-electron chi connectivity index (χ4n) is 4.93. The first-order valence-corrected chi connectivity index (χ1v) is 15.9. The molecule has 4 rings (SSSR count). The molecular weight excluding hydrogens is 590 g/mol. The zero-order valence-corrected chi connectivity index (χ0v) is 26.8. The Hall–Kier alpha value is -3.51. The van der Waals surface area contributed by atoms with Crippen LogP contribution in [-0.4, -0.2) is 117 Å². The van der Waals surface area contributed by atoms with Gasteiger partial charge in [-0.1, -0.05) is 66.7 Å². The van der Waals surface area contributed by atoms with Crippen LogP contribution in [0.1, 0.15) is 17.0 Å². The van der Waals surface area contributed by atoms with Gasteiger partial charge in [0.1, 0.15) is 19.0 Å². The SMILES string of the molecule is CN(CCOCCOCCOCCOCCOCCOCCOc1ccccc1)C(=O)OCC1c2ccccc2-c2ccccc21. The van der Waals surface area contributed by atoms with E-state index in [0.717, 1.165) is 5.75 Å².